The predicted molar refractivity (Wildman–Crippen MR) is 187 cm³/mol. The first-order valence-electron chi connectivity index (χ1n) is 16.1. The van der Waals surface area contributed by atoms with E-state index in [-0.39, 0.29) is 5.41 Å². The highest BCUT2D eigenvalue weighted by atomic mass is 16.5. The number of ether oxygens (including phenoxy) is 1. The lowest BCUT2D eigenvalue weighted by molar-refractivity contribution is 0.436. The van der Waals surface area contributed by atoms with E-state index in [9.17, 15) is 0 Å². The van der Waals surface area contributed by atoms with Gasteiger partial charge in [-0.05, 0) is 86.3 Å². The quantitative estimate of drug-likeness (QED) is 0.196. The van der Waals surface area contributed by atoms with E-state index in [1.165, 1.54) is 66.8 Å². The van der Waals surface area contributed by atoms with Gasteiger partial charge in [-0.3, -0.25) is 0 Å². The van der Waals surface area contributed by atoms with E-state index in [4.69, 9.17) is 4.74 Å². The van der Waals surface area contributed by atoms with Crippen molar-refractivity contribution < 1.29 is 4.74 Å². The van der Waals surface area contributed by atoms with E-state index in [1.54, 1.807) is 0 Å². The van der Waals surface area contributed by atoms with Gasteiger partial charge in [-0.25, -0.2) is 0 Å². The van der Waals surface area contributed by atoms with Crippen molar-refractivity contribution >= 4 is 0 Å². The second kappa shape index (κ2) is 9.19. The van der Waals surface area contributed by atoms with Crippen LogP contribution in [0.2, 0.25) is 0 Å². The van der Waals surface area contributed by atoms with Gasteiger partial charge >= 0.3 is 0 Å². The average Bonchev–Trinajstić information content (AvgIpc) is 3.56. The van der Waals surface area contributed by atoms with E-state index in [1.807, 2.05) is 0 Å². The summed E-state index contributed by atoms with van der Waals surface area (Å²) in [5, 5.41) is 0. The monoisotopic (exact) mass is 586 g/mol. The van der Waals surface area contributed by atoms with E-state index < -0.39 is 5.41 Å². The summed E-state index contributed by atoms with van der Waals surface area (Å²) in [5.74, 6) is 1.83. The van der Waals surface area contributed by atoms with Gasteiger partial charge in [-0.15, -0.1) is 0 Å². The Kier molecular flexibility index (Phi) is 5.12. The van der Waals surface area contributed by atoms with Crippen molar-refractivity contribution in [2.24, 2.45) is 0 Å². The molecular weight excluding hydrogens is 556 g/mol. The molecule has 0 radical (unpaired) electrons. The number of benzene rings is 7. The second-order valence-electron chi connectivity index (χ2n) is 12.9. The minimum absolute atomic E-state index is 0.242. The van der Waals surface area contributed by atoms with Crippen LogP contribution in [0, 0.1) is 0 Å². The van der Waals surface area contributed by atoms with Gasteiger partial charge in [0.25, 0.3) is 0 Å². The molecule has 0 saturated carbocycles. The van der Waals surface area contributed by atoms with Crippen molar-refractivity contribution in [3.8, 4) is 44.9 Å². The van der Waals surface area contributed by atoms with E-state index in [2.05, 4.69) is 171 Å². The Morgan fingerprint density at radius 1 is 0.370 bits per heavy atom. The zero-order valence-corrected chi connectivity index (χ0v) is 25.5. The van der Waals surface area contributed by atoms with E-state index >= 15 is 0 Å². The smallest absolute Gasteiger partial charge is 0.132 e. The van der Waals surface area contributed by atoms with Gasteiger partial charge in [0.15, 0.2) is 0 Å². The Bertz CT molecular complexity index is 2320. The number of hydrogen-bond donors (Lipinski definition) is 0. The standard InChI is InChI=1S/C45H30O/c1-44(31-13-3-2-4-14-31)36-18-8-5-15-32(36)35-25-23-29(27-41(35)44)30-24-26-40-43(28-30)46-42-22-12-11-21-39(42)45(40)37-19-9-6-16-33(37)34-17-7-10-20-38(34)45/h2-28H,1H3. The van der Waals surface area contributed by atoms with Crippen LogP contribution in [0.4, 0.5) is 0 Å². The Morgan fingerprint density at radius 2 is 0.870 bits per heavy atom. The Hall–Kier alpha value is -5.66. The number of hydrogen-bond acceptors (Lipinski definition) is 1. The minimum Gasteiger partial charge on any atom is -0.457 e. The van der Waals surface area contributed by atoms with Gasteiger partial charge in [-0.2, -0.15) is 0 Å². The molecule has 0 aromatic heterocycles. The van der Waals surface area contributed by atoms with Crippen LogP contribution in [0.25, 0.3) is 33.4 Å². The van der Waals surface area contributed by atoms with Crippen molar-refractivity contribution in [2.45, 2.75) is 17.8 Å². The van der Waals surface area contributed by atoms with Crippen molar-refractivity contribution in [1.82, 2.24) is 0 Å². The summed E-state index contributed by atoms with van der Waals surface area (Å²) in [6.45, 7) is 2.38. The molecule has 0 saturated heterocycles. The first-order chi connectivity index (χ1) is 22.7. The normalized spacial score (nSPS) is 17.2. The highest BCUT2D eigenvalue weighted by Gasteiger charge is 2.51. The minimum atomic E-state index is -0.443. The fourth-order valence-corrected chi connectivity index (χ4v) is 8.79. The predicted octanol–water partition coefficient (Wildman–Crippen LogP) is 11.2. The molecule has 3 aliphatic rings. The van der Waals surface area contributed by atoms with Crippen molar-refractivity contribution in [3.05, 3.63) is 203 Å². The van der Waals surface area contributed by atoms with Gasteiger partial charge in [0.1, 0.15) is 11.5 Å². The van der Waals surface area contributed by atoms with Gasteiger partial charge < -0.3 is 4.74 Å². The average molecular weight is 587 g/mol. The number of fused-ring (bicyclic) bond motifs is 12. The molecule has 2 aliphatic carbocycles. The SMILES string of the molecule is CC1(c2ccccc2)c2ccccc2-c2ccc(-c3ccc4c(c3)Oc3ccccc3C43c4ccccc4-c4ccccc43)cc21. The van der Waals surface area contributed by atoms with Crippen molar-refractivity contribution in [1.29, 1.82) is 0 Å². The summed E-state index contributed by atoms with van der Waals surface area (Å²) < 4.78 is 6.81. The van der Waals surface area contributed by atoms with E-state index in [0.29, 0.717) is 0 Å². The maximum atomic E-state index is 6.81. The molecule has 1 heteroatoms. The highest BCUT2D eigenvalue weighted by molar-refractivity contribution is 5.90. The maximum Gasteiger partial charge on any atom is 0.132 e. The van der Waals surface area contributed by atoms with Crippen LogP contribution in [0.5, 0.6) is 11.5 Å². The third-order valence-corrected chi connectivity index (χ3v) is 10.8. The molecule has 1 unspecified atom stereocenters. The lowest BCUT2D eigenvalue weighted by Crippen LogP contribution is -2.32. The van der Waals surface area contributed by atoms with Crippen LogP contribution in [-0.2, 0) is 10.8 Å². The third kappa shape index (κ3) is 3.15. The summed E-state index contributed by atoms with van der Waals surface area (Å²) >= 11 is 0. The largest absolute Gasteiger partial charge is 0.457 e. The molecule has 1 heterocycles. The fourth-order valence-electron chi connectivity index (χ4n) is 8.79. The molecular formula is C45H30O. The van der Waals surface area contributed by atoms with Gasteiger partial charge in [-0.1, -0.05) is 146 Å². The molecule has 1 aliphatic heterocycles. The highest BCUT2D eigenvalue weighted by Crippen LogP contribution is 2.62. The molecule has 1 nitrogen and oxygen atoms in total. The van der Waals surface area contributed by atoms with Crippen LogP contribution >= 0.6 is 0 Å². The third-order valence-electron chi connectivity index (χ3n) is 10.8. The molecule has 10 rings (SSSR count). The van der Waals surface area contributed by atoms with Crippen LogP contribution in [0.15, 0.2) is 164 Å². The Balaban J connectivity index is 1.19. The zero-order valence-electron chi connectivity index (χ0n) is 25.5. The summed E-state index contributed by atoms with van der Waals surface area (Å²) in [6.07, 6.45) is 0. The fraction of sp³-hybridized carbons (Fsp3) is 0.0667. The van der Waals surface area contributed by atoms with Gasteiger partial charge in [0.2, 0.25) is 0 Å². The van der Waals surface area contributed by atoms with Crippen molar-refractivity contribution in [3.63, 3.8) is 0 Å². The molecule has 0 N–H and O–H groups in total. The molecule has 7 aromatic rings. The zero-order chi connectivity index (χ0) is 30.5. The first-order valence-corrected chi connectivity index (χ1v) is 16.1. The molecule has 1 atom stereocenters. The lowest BCUT2D eigenvalue weighted by Gasteiger charge is -2.39. The van der Waals surface area contributed by atoms with Crippen LogP contribution < -0.4 is 4.74 Å². The summed E-state index contributed by atoms with van der Waals surface area (Å²) in [7, 11) is 0. The topological polar surface area (TPSA) is 9.23 Å². The molecule has 0 amide bonds. The van der Waals surface area contributed by atoms with Gasteiger partial charge in [0, 0.05) is 16.5 Å². The van der Waals surface area contributed by atoms with Gasteiger partial charge in [0.05, 0.1) is 5.41 Å². The lowest BCUT2D eigenvalue weighted by atomic mass is 9.66. The van der Waals surface area contributed by atoms with Crippen LogP contribution in [0.3, 0.4) is 0 Å². The molecule has 216 valence electrons. The van der Waals surface area contributed by atoms with Crippen LogP contribution in [-0.4, -0.2) is 0 Å². The van der Waals surface area contributed by atoms with Crippen molar-refractivity contribution in [2.75, 3.05) is 0 Å². The number of rotatable bonds is 2. The molecule has 1 spiro atoms. The molecule has 7 aromatic carbocycles. The molecule has 46 heavy (non-hydrogen) atoms. The first kappa shape index (κ1) is 25.6. The van der Waals surface area contributed by atoms with E-state index in [0.717, 1.165) is 17.1 Å². The summed E-state index contributed by atoms with van der Waals surface area (Å²) in [5.41, 5.74) is 15.9. The Morgan fingerprint density at radius 3 is 1.59 bits per heavy atom. The summed E-state index contributed by atoms with van der Waals surface area (Å²) in [6, 6.07) is 60.1. The summed E-state index contributed by atoms with van der Waals surface area (Å²) in [4.78, 5) is 0. The molecule has 0 fully saturated rings. The Labute approximate surface area is 269 Å². The number of para-hydroxylation sites is 1. The second-order valence-corrected chi connectivity index (χ2v) is 12.9. The maximum absolute atomic E-state index is 6.81. The molecule has 0 bridgehead atoms. The van der Waals surface area contributed by atoms with Crippen LogP contribution in [0.1, 0.15) is 45.9 Å².